The minimum Gasteiger partial charge on any atom is -0.487 e. The first-order valence-electron chi connectivity index (χ1n) is 8.35. The van der Waals surface area contributed by atoms with E-state index < -0.39 is 24.5 Å². The summed E-state index contributed by atoms with van der Waals surface area (Å²) in [6, 6.07) is 3.85. The van der Waals surface area contributed by atoms with E-state index in [-0.39, 0.29) is 12.2 Å². The van der Waals surface area contributed by atoms with E-state index in [9.17, 15) is 14.7 Å². The number of benzene rings is 1. The molecular weight excluding hydrogens is 388 g/mol. The molecule has 9 nitrogen and oxygen atoms in total. The Bertz CT molecular complexity index is 1020. The second-order valence-electron chi connectivity index (χ2n) is 6.15. The van der Waals surface area contributed by atoms with Gasteiger partial charge >= 0.3 is 0 Å². The van der Waals surface area contributed by atoms with E-state index in [4.69, 9.17) is 26.5 Å². The SMILES string of the molecule is Cc1oc2ccc(OCc3c(Cl)cnn3C)cc2c1C(=O)NC(CO)C(N)=O. The Balaban J connectivity index is 1.87. The number of carbonyl (C=O) groups excluding carboxylic acids is 2. The second kappa shape index (κ2) is 7.91. The lowest BCUT2D eigenvalue weighted by atomic mass is 10.1. The summed E-state index contributed by atoms with van der Waals surface area (Å²) in [5.74, 6) is -0.562. The average molecular weight is 407 g/mol. The lowest BCUT2D eigenvalue weighted by Crippen LogP contribution is -2.46. The number of nitrogens with zero attached hydrogens (tertiary/aromatic N) is 2. The van der Waals surface area contributed by atoms with E-state index in [0.717, 1.165) is 0 Å². The number of fused-ring (bicyclic) bond motifs is 1. The zero-order valence-electron chi connectivity index (χ0n) is 15.2. The zero-order chi connectivity index (χ0) is 20.4. The molecule has 0 aliphatic heterocycles. The van der Waals surface area contributed by atoms with Crippen LogP contribution in [0.5, 0.6) is 5.75 Å². The molecule has 0 saturated carbocycles. The number of hydrogen-bond acceptors (Lipinski definition) is 6. The number of aliphatic hydroxyl groups excluding tert-OH is 1. The molecule has 0 saturated heterocycles. The summed E-state index contributed by atoms with van der Waals surface area (Å²) in [5, 5.41) is 16.6. The highest BCUT2D eigenvalue weighted by atomic mass is 35.5. The van der Waals surface area contributed by atoms with Crippen molar-refractivity contribution in [3.8, 4) is 5.75 Å². The number of rotatable bonds is 7. The fourth-order valence-corrected chi connectivity index (χ4v) is 2.98. The van der Waals surface area contributed by atoms with Gasteiger partial charge in [0.15, 0.2) is 0 Å². The summed E-state index contributed by atoms with van der Waals surface area (Å²) in [6.07, 6.45) is 1.53. The van der Waals surface area contributed by atoms with Crippen LogP contribution in [0, 0.1) is 6.92 Å². The number of aliphatic hydroxyl groups is 1. The minimum absolute atomic E-state index is 0.188. The van der Waals surface area contributed by atoms with Crippen LogP contribution in [0.1, 0.15) is 21.8 Å². The molecule has 1 aromatic carbocycles. The fourth-order valence-electron chi connectivity index (χ4n) is 2.76. The summed E-state index contributed by atoms with van der Waals surface area (Å²) in [5.41, 5.74) is 6.58. The molecular formula is C18H19ClN4O5. The number of hydrogen-bond donors (Lipinski definition) is 3. The van der Waals surface area contributed by atoms with Crippen molar-refractivity contribution in [1.29, 1.82) is 0 Å². The number of primary amides is 1. The average Bonchev–Trinajstić information content (AvgIpc) is 3.15. The van der Waals surface area contributed by atoms with E-state index in [0.29, 0.717) is 33.2 Å². The van der Waals surface area contributed by atoms with Gasteiger partial charge in [0.05, 0.1) is 29.1 Å². The van der Waals surface area contributed by atoms with Crippen molar-refractivity contribution in [2.75, 3.05) is 6.61 Å². The van der Waals surface area contributed by atoms with Gasteiger partial charge in [0, 0.05) is 12.4 Å². The number of aryl methyl sites for hydroxylation is 2. The van der Waals surface area contributed by atoms with Crippen molar-refractivity contribution in [1.82, 2.24) is 15.1 Å². The van der Waals surface area contributed by atoms with E-state index in [2.05, 4.69) is 10.4 Å². The highest BCUT2D eigenvalue weighted by Crippen LogP contribution is 2.30. The van der Waals surface area contributed by atoms with Gasteiger partial charge < -0.3 is 25.3 Å². The minimum atomic E-state index is -1.19. The number of amides is 2. The smallest absolute Gasteiger partial charge is 0.256 e. The molecule has 0 spiro atoms. The number of ether oxygens (including phenoxy) is 1. The van der Waals surface area contributed by atoms with Crippen molar-refractivity contribution >= 4 is 34.4 Å². The van der Waals surface area contributed by atoms with Gasteiger partial charge in [-0.2, -0.15) is 5.10 Å². The maximum Gasteiger partial charge on any atom is 0.256 e. The molecule has 28 heavy (non-hydrogen) atoms. The van der Waals surface area contributed by atoms with Gasteiger partial charge in [-0.05, 0) is 25.1 Å². The molecule has 148 valence electrons. The van der Waals surface area contributed by atoms with Gasteiger partial charge in [-0.3, -0.25) is 14.3 Å². The third kappa shape index (κ3) is 3.80. The van der Waals surface area contributed by atoms with Gasteiger partial charge in [-0.1, -0.05) is 11.6 Å². The van der Waals surface area contributed by atoms with Gasteiger partial charge in [0.1, 0.15) is 29.7 Å². The van der Waals surface area contributed by atoms with Gasteiger partial charge in [-0.15, -0.1) is 0 Å². The number of nitrogens with two attached hydrogens (primary N) is 1. The van der Waals surface area contributed by atoms with E-state index >= 15 is 0 Å². The Labute approximate surface area is 165 Å². The van der Waals surface area contributed by atoms with E-state index in [1.54, 1.807) is 36.9 Å². The summed E-state index contributed by atoms with van der Waals surface area (Å²) >= 11 is 6.07. The van der Waals surface area contributed by atoms with Crippen molar-refractivity contribution in [2.45, 2.75) is 19.6 Å². The predicted octanol–water partition coefficient (Wildman–Crippen LogP) is 1.28. The molecule has 3 aromatic rings. The second-order valence-corrected chi connectivity index (χ2v) is 6.56. The van der Waals surface area contributed by atoms with Crippen molar-refractivity contribution < 1.29 is 23.8 Å². The molecule has 0 fully saturated rings. The van der Waals surface area contributed by atoms with Crippen LogP contribution >= 0.6 is 11.6 Å². The molecule has 0 radical (unpaired) electrons. The standard InChI is InChI=1S/C18H19ClN4O5/c1-9-16(18(26)22-13(7-24)17(20)25)11-5-10(3-4-15(11)28-9)27-8-14-12(19)6-21-23(14)2/h3-6,13,24H,7-8H2,1-2H3,(H2,20,25)(H,22,26). The van der Waals surface area contributed by atoms with Crippen LogP contribution in [0.3, 0.4) is 0 Å². The summed E-state index contributed by atoms with van der Waals surface area (Å²) in [6.45, 7) is 1.21. The lowest BCUT2D eigenvalue weighted by Gasteiger charge is -2.12. The van der Waals surface area contributed by atoms with Crippen molar-refractivity contribution in [3.63, 3.8) is 0 Å². The third-order valence-electron chi connectivity index (χ3n) is 4.28. The van der Waals surface area contributed by atoms with Crippen LogP contribution in [-0.4, -0.2) is 39.4 Å². The highest BCUT2D eigenvalue weighted by molar-refractivity contribution is 6.31. The molecule has 2 heterocycles. The Kier molecular flexibility index (Phi) is 5.57. The van der Waals surface area contributed by atoms with Crippen molar-refractivity contribution in [3.05, 3.63) is 46.4 Å². The molecule has 1 unspecified atom stereocenters. The summed E-state index contributed by atoms with van der Waals surface area (Å²) < 4.78 is 13.0. The topological polar surface area (TPSA) is 133 Å². The number of aromatic nitrogens is 2. The monoisotopic (exact) mass is 406 g/mol. The Morgan fingerprint density at radius 1 is 1.46 bits per heavy atom. The maximum absolute atomic E-state index is 12.6. The van der Waals surface area contributed by atoms with Crippen LogP contribution in [0.25, 0.3) is 11.0 Å². The van der Waals surface area contributed by atoms with Crippen LogP contribution in [0.2, 0.25) is 5.02 Å². The highest BCUT2D eigenvalue weighted by Gasteiger charge is 2.23. The molecule has 1 atom stereocenters. The molecule has 0 aliphatic rings. The van der Waals surface area contributed by atoms with E-state index in [1.165, 1.54) is 6.20 Å². The summed E-state index contributed by atoms with van der Waals surface area (Å²) in [7, 11) is 1.76. The third-order valence-corrected chi connectivity index (χ3v) is 4.60. The van der Waals surface area contributed by atoms with Crippen molar-refractivity contribution in [2.24, 2.45) is 12.8 Å². The molecule has 3 rings (SSSR count). The predicted molar refractivity (Wildman–Crippen MR) is 101 cm³/mol. The lowest BCUT2D eigenvalue weighted by molar-refractivity contribution is -0.120. The van der Waals surface area contributed by atoms with Gasteiger partial charge in [-0.25, -0.2) is 0 Å². The first-order chi connectivity index (χ1) is 13.3. The first kappa shape index (κ1) is 19.7. The van der Waals surface area contributed by atoms with E-state index in [1.807, 2.05) is 0 Å². The van der Waals surface area contributed by atoms with Gasteiger partial charge in [0.25, 0.3) is 5.91 Å². The maximum atomic E-state index is 12.6. The fraction of sp³-hybridized carbons (Fsp3) is 0.278. The largest absolute Gasteiger partial charge is 0.487 e. The summed E-state index contributed by atoms with van der Waals surface area (Å²) in [4.78, 5) is 23.9. The molecule has 4 N–H and O–H groups in total. The van der Waals surface area contributed by atoms with Crippen LogP contribution in [-0.2, 0) is 18.4 Å². The quantitative estimate of drug-likeness (QED) is 0.541. The van der Waals surface area contributed by atoms with Crippen LogP contribution in [0.4, 0.5) is 0 Å². The number of furan rings is 1. The molecule has 10 heteroatoms. The van der Waals surface area contributed by atoms with Crippen LogP contribution in [0.15, 0.2) is 28.8 Å². The molecule has 0 bridgehead atoms. The Hall–Kier alpha value is -3.04. The molecule has 0 aliphatic carbocycles. The molecule has 2 aromatic heterocycles. The number of halogens is 1. The normalized spacial score (nSPS) is 12.1. The zero-order valence-corrected chi connectivity index (χ0v) is 16.0. The number of carbonyl (C=O) groups is 2. The first-order valence-corrected chi connectivity index (χ1v) is 8.73. The Morgan fingerprint density at radius 3 is 2.82 bits per heavy atom. The number of nitrogens with one attached hydrogen (secondary N) is 1. The molecule has 2 amide bonds. The van der Waals surface area contributed by atoms with Crippen LogP contribution < -0.4 is 15.8 Å². The van der Waals surface area contributed by atoms with Gasteiger partial charge in [0.2, 0.25) is 5.91 Å². The Morgan fingerprint density at radius 2 is 2.21 bits per heavy atom.